The second kappa shape index (κ2) is 12.8. The summed E-state index contributed by atoms with van der Waals surface area (Å²) in [6, 6.07) is 18.8. The Kier molecular flexibility index (Phi) is 10.1. The van der Waals surface area contributed by atoms with Crippen LogP contribution < -0.4 is 10.6 Å². The van der Waals surface area contributed by atoms with Crippen molar-refractivity contribution in [3.05, 3.63) is 88.5 Å². The van der Waals surface area contributed by atoms with Gasteiger partial charge in [-0.15, -0.1) is 0 Å². The minimum absolute atomic E-state index is 0.00461. The van der Waals surface area contributed by atoms with Gasteiger partial charge in [0, 0.05) is 23.8 Å². The zero-order valence-corrected chi connectivity index (χ0v) is 27.2. The quantitative estimate of drug-likeness (QED) is 0.177. The normalized spacial score (nSPS) is 13.2. The lowest BCUT2D eigenvalue weighted by atomic mass is 9.93. The van der Waals surface area contributed by atoms with Crippen molar-refractivity contribution >= 4 is 19.9 Å². The first-order chi connectivity index (χ1) is 18.9. The molecule has 0 radical (unpaired) electrons. The predicted octanol–water partition coefficient (Wildman–Crippen LogP) is 7.57. The molecule has 0 aliphatic rings. The van der Waals surface area contributed by atoms with Crippen LogP contribution in [0, 0.1) is 13.8 Å². The number of amides is 1. The maximum atomic E-state index is 12.7. The fourth-order valence-electron chi connectivity index (χ4n) is 4.57. The van der Waals surface area contributed by atoms with Crippen LogP contribution in [0.5, 0.6) is 11.5 Å². The number of hydrogen-bond donors (Lipinski definition) is 4. The first-order valence-electron chi connectivity index (χ1n) is 14.3. The Bertz CT molecular complexity index is 1340. The van der Waals surface area contributed by atoms with E-state index >= 15 is 0 Å². The van der Waals surface area contributed by atoms with Crippen LogP contribution in [0.2, 0.25) is 18.1 Å². The molecule has 0 bridgehead atoms. The number of carbonyl (C=O) groups excluding carboxylic acids is 1. The average Bonchev–Trinajstić information content (AvgIpc) is 2.82. The first kappa shape index (κ1) is 32.4. The third-order valence-electron chi connectivity index (χ3n) is 8.10. The summed E-state index contributed by atoms with van der Waals surface area (Å²) >= 11 is 0. The number of nitrogens with one attached hydrogen (secondary N) is 2. The van der Waals surface area contributed by atoms with Crippen molar-refractivity contribution in [2.45, 2.75) is 91.1 Å². The van der Waals surface area contributed by atoms with E-state index in [1.165, 1.54) is 11.6 Å². The van der Waals surface area contributed by atoms with E-state index in [-0.39, 0.29) is 34.1 Å². The molecule has 1 amide bonds. The van der Waals surface area contributed by atoms with Gasteiger partial charge in [-0.3, -0.25) is 4.79 Å². The molecule has 3 rings (SSSR count). The van der Waals surface area contributed by atoms with Gasteiger partial charge in [-0.05, 0) is 104 Å². The van der Waals surface area contributed by atoms with Crippen LogP contribution in [-0.4, -0.2) is 36.5 Å². The van der Waals surface area contributed by atoms with Gasteiger partial charge >= 0.3 is 0 Å². The third kappa shape index (κ3) is 9.45. The number of aryl methyl sites for hydroxylation is 2. The molecule has 0 fully saturated rings. The highest BCUT2D eigenvalue weighted by Crippen LogP contribution is 2.40. The van der Waals surface area contributed by atoms with Crippen LogP contribution in [0.3, 0.4) is 0 Å². The Morgan fingerprint density at radius 3 is 2.12 bits per heavy atom. The average molecular weight is 577 g/mol. The zero-order chi connectivity index (χ0) is 30.6. The highest BCUT2D eigenvalue weighted by atomic mass is 28.4. The van der Waals surface area contributed by atoms with E-state index in [0.29, 0.717) is 13.0 Å². The van der Waals surface area contributed by atoms with Crippen molar-refractivity contribution in [1.82, 2.24) is 5.32 Å². The van der Waals surface area contributed by atoms with Crippen LogP contribution in [0.4, 0.5) is 5.69 Å². The number of carbonyl (C=O) groups is 1. The SMILES string of the molecule is Cc1ccc(NC(=O)Cc2cccc(CC(C)(C)NCC(O[Si](C)(C)C(C)(C)C)c3cc(O)cc(O)c3)c2)cc1C. The Morgan fingerprint density at radius 2 is 1.51 bits per heavy atom. The lowest BCUT2D eigenvalue weighted by Crippen LogP contribution is -2.47. The fraction of sp³-hybridized carbons (Fsp3) is 0.441. The van der Waals surface area contributed by atoms with Gasteiger partial charge in [0.2, 0.25) is 5.91 Å². The van der Waals surface area contributed by atoms with Crippen molar-refractivity contribution in [3.63, 3.8) is 0 Å². The zero-order valence-electron chi connectivity index (χ0n) is 26.2. The molecule has 0 aliphatic heterocycles. The Hall–Kier alpha value is -3.13. The predicted molar refractivity (Wildman–Crippen MR) is 171 cm³/mol. The molecule has 1 atom stereocenters. The molecule has 1 unspecified atom stereocenters. The van der Waals surface area contributed by atoms with Gasteiger partial charge in [-0.25, -0.2) is 0 Å². The Balaban J connectivity index is 1.70. The minimum atomic E-state index is -2.15. The van der Waals surface area contributed by atoms with E-state index in [4.69, 9.17) is 4.43 Å². The second-order valence-corrected chi connectivity index (χ2v) is 18.2. The first-order valence-corrected chi connectivity index (χ1v) is 17.3. The monoisotopic (exact) mass is 576 g/mol. The highest BCUT2D eigenvalue weighted by molar-refractivity contribution is 6.74. The number of aromatic hydroxyl groups is 2. The van der Waals surface area contributed by atoms with Crippen LogP contribution in [0.15, 0.2) is 60.7 Å². The van der Waals surface area contributed by atoms with E-state index in [1.54, 1.807) is 12.1 Å². The second-order valence-electron chi connectivity index (χ2n) is 13.4. The molecule has 0 aromatic heterocycles. The van der Waals surface area contributed by atoms with Crippen molar-refractivity contribution in [3.8, 4) is 11.5 Å². The van der Waals surface area contributed by atoms with Gasteiger partial charge in [-0.1, -0.05) is 51.1 Å². The summed E-state index contributed by atoms with van der Waals surface area (Å²) in [6.45, 7) is 19.9. The van der Waals surface area contributed by atoms with E-state index in [0.717, 1.165) is 34.4 Å². The molecule has 6 nitrogen and oxygen atoms in total. The molecular weight excluding hydrogens is 528 g/mol. The molecule has 3 aromatic carbocycles. The van der Waals surface area contributed by atoms with E-state index < -0.39 is 8.32 Å². The van der Waals surface area contributed by atoms with Crippen molar-refractivity contribution in [2.75, 3.05) is 11.9 Å². The molecule has 0 spiro atoms. The fourth-order valence-corrected chi connectivity index (χ4v) is 5.85. The Labute approximate surface area is 247 Å². The van der Waals surface area contributed by atoms with Gasteiger partial charge < -0.3 is 25.3 Å². The lowest BCUT2D eigenvalue weighted by Gasteiger charge is -2.40. The number of phenolic OH excluding ortho intramolecular Hbond substituents is 2. The van der Waals surface area contributed by atoms with Gasteiger partial charge in [0.1, 0.15) is 11.5 Å². The van der Waals surface area contributed by atoms with Crippen molar-refractivity contribution in [2.24, 2.45) is 0 Å². The van der Waals surface area contributed by atoms with Crippen LogP contribution in [0.25, 0.3) is 0 Å². The summed E-state index contributed by atoms with van der Waals surface area (Å²) in [5, 5.41) is 27.0. The largest absolute Gasteiger partial charge is 0.508 e. The molecule has 0 saturated heterocycles. The van der Waals surface area contributed by atoms with Crippen LogP contribution in [0.1, 0.15) is 68.5 Å². The summed E-state index contributed by atoms with van der Waals surface area (Å²) in [5.41, 5.74) is 5.72. The van der Waals surface area contributed by atoms with Gasteiger partial charge in [0.25, 0.3) is 0 Å². The van der Waals surface area contributed by atoms with Gasteiger partial charge in [0.05, 0.1) is 12.5 Å². The maximum absolute atomic E-state index is 12.7. The summed E-state index contributed by atoms with van der Waals surface area (Å²) in [7, 11) is -2.15. The molecule has 3 aromatic rings. The van der Waals surface area contributed by atoms with Gasteiger partial charge in [-0.2, -0.15) is 0 Å². The van der Waals surface area contributed by atoms with E-state index in [2.05, 4.69) is 77.4 Å². The molecular formula is C34H48N2O4Si. The molecule has 7 heteroatoms. The summed E-state index contributed by atoms with van der Waals surface area (Å²) < 4.78 is 6.78. The number of benzene rings is 3. The summed E-state index contributed by atoms with van der Waals surface area (Å²) in [4.78, 5) is 12.7. The Morgan fingerprint density at radius 1 is 0.878 bits per heavy atom. The number of rotatable bonds is 11. The minimum Gasteiger partial charge on any atom is -0.508 e. The molecule has 41 heavy (non-hydrogen) atoms. The molecule has 0 aliphatic carbocycles. The number of anilines is 1. The standard InChI is InChI=1S/C34H48N2O4Si/c1-23-13-14-28(15-24(23)2)36-32(39)17-25-11-10-12-26(16-25)21-34(6,7)35-22-31(40-41(8,9)33(3,4)5)27-18-29(37)20-30(38)19-27/h10-16,18-20,31,35,37-38H,17,21-22H2,1-9H3,(H,36,39). The number of phenols is 2. The van der Waals surface area contributed by atoms with Gasteiger partial charge in [0.15, 0.2) is 8.32 Å². The smallest absolute Gasteiger partial charge is 0.228 e. The topological polar surface area (TPSA) is 90.8 Å². The molecule has 0 saturated carbocycles. The molecule has 4 N–H and O–H groups in total. The van der Waals surface area contributed by atoms with Crippen LogP contribution >= 0.6 is 0 Å². The lowest BCUT2D eigenvalue weighted by molar-refractivity contribution is -0.115. The maximum Gasteiger partial charge on any atom is 0.228 e. The number of hydrogen-bond acceptors (Lipinski definition) is 5. The summed E-state index contributed by atoms with van der Waals surface area (Å²) in [5.74, 6) is -0.00862. The molecule has 0 heterocycles. The molecule has 222 valence electrons. The third-order valence-corrected chi connectivity index (χ3v) is 12.6. The van der Waals surface area contributed by atoms with Crippen LogP contribution in [-0.2, 0) is 22.1 Å². The van der Waals surface area contributed by atoms with E-state index in [1.807, 2.05) is 37.3 Å². The highest BCUT2D eigenvalue weighted by Gasteiger charge is 2.40. The van der Waals surface area contributed by atoms with Crippen molar-refractivity contribution in [1.29, 1.82) is 0 Å². The summed E-state index contributed by atoms with van der Waals surface area (Å²) in [6.07, 6.45) is 0.712. The van der Waals surface area contributed by atoms with E-state index in [9.17, 15) is 15.0 Å². The van der Waals surface area contributed by atoms with Crippen molar-refractivity contribution < 1.29 is 19.4 Å².